The normalized spacial score (nSPS) is 15.8. The predicted octanol–water partition coefficient (Wildman–Crippen LogP) is 2.61. The highest BCUT2D eigenvalue weighted by atomic mass is 35.6. The molecule has 2 rings (SSSR count). The van der Waals surface area contributed by atoms with Crippen LogP contribution in [0.4, 0.5) is 0 Å². The van der Waals surface area contributed by atoms with Gasteiger partial charge >= 0.3 is 0 Å². The SMILES string of the molecule is O=C1c2ccccc2C(=O)N1C(Cl)(Cl)Cl. The van der Waals surface area contributed by atoms with Crippen LogP contribution in [0.1, 0.15) is 20.7 Å². The molecule has 1 aromatic carbocycles. The first-order chi connectivity index (χ1) is 6.93. The number of nitrogens with zero attached hydrogens (tertiary/aromatic N) is 1. The summed E-state index contributed by atoms with van der Waals surface area (Å²) in [4.78, 5) is 24.0. The molecule has 1 aliphatic rings. The summed E-state index contributed by atoms with van der Waals surface area (Å²) in [5.74, 6) is -1.17. The predicted molar refractivity (Wildman–Crippen MR) is 57.2 cm³/mol. The summed E-state index contributed by atoms with van der Waals surface area (Å²) in [5.41, 5.74) is 0.516. The number of carbonyl (C=O) groups excluding carboxylic acids is 2. The van der Waals surface area contributed by atoms with Crippen LogP contribution in [0.3, 0.4) is 0 Å². The summed E-state index contributed by atoms with van der Waals surface area (Å²) in [7, 11) is 0. The molecule has 0 saturated carbocycles. The number of fused-ring (bicyclic) bond motifs is 1. The maximum Gasteiger partial charge on any atom is 0.277 e. The first kappa shape index (κ1) is 10.7. The van der Waals surface area contributed by atoms with E-state index in [-0.39, 0.29) is 11.1 Å². The van der Waals surface area contributed by atoms with Gasteiger partial charge in [0, 0.05) is 0 Å². The minimum Gasteiger partial charge on any atom is -0.268 e. The minimum atomic E-state index is -2.05. The zero-order valence-electron chi connectivity index (χ0n) is 7.21. The molecule has 1 aromatic rings. The monoisotopic (exact) mass is 263 g/mol. The van der Waals surface area contributed by atoms with Crippen molar-refractivity contribution in [1.82, 2.24) is 4.90 Å². The molecule has 1 heterocycles. The van der Waals surface area contributed by atoms with E-state index in [1.807, 2.05) is 0 Å². The zero-order chi connectivity index (χ0) is 11.2. The van der Waals surface area contributed by atoms with Gasteiger partial charge in [0.15, 0.2) is 0 Å². The second-order valence-electron chi connectivity index (χ2n) is 2.96. The number of alkyl halides is 3. The van der Waals surface area contributed by atoms with Crippen LogP contribution in [-0.4, -0.2) is 20.6 Å². The summed E-state index contributed by atoms with van der Waals surface area (Å²) in [5, 5.41) is 0. The van der Waals surface area contributed by atoms with Gasteiger partial charge in [0.25, 0.3) is 15.7 Å². The fourth-order valence-electron chi connectivity index (χ4n) is 1.42. The van der Waals surface area contributed by atoms with E-state index in [1.165, 1.54) is 12.1 Å². The van der Waals surface area contributed by atoms with E-state index in [1.54, 1.807) is 12.1 Å². The van der Waals surface area contributed by atoms with Gasteiger partial charge in [-0.05, 0) is 12.1 Å². The van der Waals surface area contributed by atoms with Gasteiger partial charge in [-0.2, -0.15) is 0 Å². The van der Waals surface area contributed by atoms with Crippen LogP contribution in [0.25, 0.3) is 0 Å². The molecule has 15 heavy (non-hydrogen) atoms. The quantitative estimate of drug-likeness (QED) is 0.410. The Morgan fingerprint density at radius 1 is 0.933 bits per heavy atom. The van der Waals surface area contributed by atoms with Crippen molar-refractivity contribution in [3.8, 4) is 0 Å². The van der Waals surface area contributed by atoms with Crippen LogP contribution in [0, 0.1) is 0 Å². The molecule has 0 atom stereocenters. The number of amides is 2. The zero-order valence-corrected chi connectivity index (χ0v) is 9.47. The number of imide groups is 1. The van der Waals surface area contributed by atoms with Crippen molar-refractivity contribution in [2.45, 2.75) is 3.92 Å². The van der Waals surface area contributed by atoms with Gasteiger partial charge in [0.1, 0.15) is 0 Å². The molecule has 6 heteroatoms. The van der Waals surface area contributed by atoms with Crippen molar-refractivity contribution in [3.05, 3.63) is 35.4 Å². The lowest BCUT2D eigenvalue weighted by Crippen LogP contribution is -2.39. The van der Waals surface area contributed by atoms with Crippen LogP contribution >= 0.6 is 34.8 Å². The van der Waals surface area contributed by atoms with E-state index in [0.717, 1.165) is 0 Å². The van der Waals surface area contributed by atoms with Crippen molar-refractivity contribution in [2.24, 2.45) is 0 Å². The first-order valence-electron chi connectivity index (χ1n) is 3.97. The largest absolute Gasteiger partial charge is 0.277 e. The third-order valence-electron chi connectivity index (χ3n) is 2.05. The molecule has 0 aromatic heterocycles. The second-order valence-corrected chi connectivity index (χ2v) is 5.18. The number of carbonyl (C=O) groups is 2. The third kappa shape index (κ3) is 1.61. The highest BCUT2D eigenvalue weighted by Gasteiger charge is 2.46. The van der Waals surface area contributed by atoms with Gasteiger partial charge in [-0.3, -0.25) is 9.59 Å². The van der Waals surface area contributed by atoms with E-state index < -0.39 is 15.7 Å². The van der Waals surface area contributed by atoms with Crippen molar-refractivity contribution in [3.63, 3.8) is 0 Å². The van der Waals surface area contributed by atoms with Gasteiger partial charge in [-0.15, -0.1) is 0 Å². The van der Waals surface area contributed by atoms with Crippen molar-refractivity contribution < 1.29 is 9.59 Å². The number of hydrogen-bond donors (Lipinski definition) is 0. The molecule has 0 bridgehead atoms. The van der Waals surface area contributed by atoms with Gasteiger partial charge in [0.2, 0.25) is 0 Å². The molecule has 1 aliphatic heterocycles. The topological polar surface area (TPSA) is 37.4 Å². The van der Waals surface area contributed by atoms with Gasteiger partial charge in [-0.25, -0.2) is 4.90 Å². The molecular weight excluding hydrogens is 260 g/mol. The summed E-state index contributed by atoms with van der Waals surface area (Å²) in [6.07, 6.45) is 0. The van der Waals surface area contributed by atoms with Crippen LogP contribution in [0.15, 0.2) is 24.3 Å². The smallest absolute Gasteiger partial charge is 0.268 e. The summed E-state index contributed by atoms with van der Waals surface area (Å²) in [6.45, 7) is 0. The van der Waals surface area contributed by atoms with Crippen LogP contribution in [-0.2, 0) is 0 Å². The maximum atomic E-state index is 11.7. The first-order valence-corrected chi connectivity index (χ1v) is 5.11. The lowest BCUT2D eigenvalue weighted by Gasteiger charge is -2.21. The molecule has 0 saturated heterocycles. The number of halogens is 3. The molecule has 0 aliphatic carbocycles. The standard InChI is InChI=1S/C9H4Cl3NO2/c10-9(11,12)13-7(14)5-3-1-2-4-6(5)8(13)15/h1-4H. The van der Waals surface area contributed by atoms with Crippen molar-refractivity contribution >= 4 is 46.6 Å². The Labute approximate surface area is 101 Å². The summed E-state index contributed by atoms with van der Waals surface area (Å²) >= 11 is 16.6. The lowest BCUT2D eigenvalue weighted by molar-refractivity contribution is 0.0650. The fraction of sp³-hybridized carbons (Fsp3) is 0.111. The molecule has 0 spiro atoms. The number of benzene rings is 1. The average molecular weight is 264 g/mol. The van der Waals surface area contributed by atoms with E-state index in [4.69, 9.17) is 34.8 Å². The number of hydrogen-bond acceptors (Lipinski definition) is 2. The van der Waals surface area contributed by atoms with E-state index >= 15 is 0 Å². The summed E-state index contributed by atoms with van der Waals surface area (Å²) < 4.78 is -2.05. The second kappa shape index (κ2) is 3.37. The van der Waals surface area contributed by atoms with E-state index in [0.29, 0.717) is 4.90 Å². The maximum absolute atomic E-state index is 11.7. The molecule has 0 N–H and O–H groups in total. The molecule has 0 unspecified atom stereocenters. The highest BCUT2D eigenvalue weighted by molar-refractivity contribution is 6.68. The highest BCUT2D eigenvalue weighted by Crippen LogP contribution is 2.37. The fourth-order valence-corrected chi connectivity index (χ4v) is 1.88. The molecule has 3 nitrogen and oxygen atoms in total. The molecule has 78 valence electrons. The Balaban J connectivity index is 2.55. The Bertz CT molecular complexity index is 418. The molecule has 0 fully saturated rings. The van der Waals surface area contributed by atoms with Crippen molar-refractivity contribution in [1.29, 1.82) is 0 Å². The summed E-state index contributed by atoms with van der Waals surface area (Å²) in [6, 6.07) is 6.33. The lowest BCUT2D eigenvalue weighted by atomic mass is 10.1. The Hall–Kier alpha value is -0.770. The van der Waals surface area contributed by atoms with Gasteiger partial charge < -0.3 is 0 Å². The number of rotatable bonds is 0. The van der Waals surface area contributed by atoms with Gasteiger partial charge in [0.05, 0.1) is 11.1 Å². The van der Waals surface area contributed by atoms with E-state index in [9.17, 15) is 9.59 Å². The Morgan fingerprint density at radius 3 is 1.67 bits per heavy atom. The molecule has 2 amide bonds. The van der Waals surface area contributed by atoms with Gasteiger partial charge in [-0.1, -0.05) is 46.9 Å². The average Bonchev–Trinajstić information content (AvgIpc) is 2.39. The Kier molecular flexibility index (Phi) is 2.41. The van der Waals surface area contributed by atoms with Crippen LogP contribution in [0.2, 0.25) is 0 Å². The molecule has 0 radical (unpaired) electrons. The Morgan fingerprint density at radius 2 is 1.33 bits per heavy atom. The van der Waals surface area contributed by atoms with Crippen LogP contribution < -0.4 is 0 Å². The van der Waals surface area contributed by atoms with Crippen LogP contribution in [0.5, 0.6) is 0 Å². The van der Waals surface area contributed by atoms with Crippen molar-refractivity contribution in [2.75, 3.05) is 0 Å². The minimum absolute atomic E-state index is 0.258. The molecular formula is C9H4Cl3NO2. The van der Waals surface area contributed by atoms with E-state index in [2.05, 4.69) is 0 Å². The third-order valence-corrected chi connectivity index (χ3v) is 2.55.